The maximum atomic E-state index is 5.89. The van der Waals surface area contributed by atoms with Gasteiger partial charge in [0.25, 0.3) is 0 Å². The van der Waals surface area contributed by atoms with E-state index in [0.29, 0.717) is 12.0 Å². The molecule has 0 amide bonds. The van der Waals surface area contributed by atoms with E-state index in [2.05, 4.69) is 24.5 Å². The molecule has 2 aliphatic heterocycles. The van der Waals surface area contributed by atoms with Crippen molar-refractivity contribution in [2.24, 2.45) is 5.92 Å². The van der Waals surface area contributed by atoms with Gasteiger partial charge in [-0.05, 0) is 32.2 Å². The summed E-state index contributed by atoms with van der Waals surface area (Å²) in [5.74, 6) is 0.652. The zero-order valence-corrected chi connectivity index (χ0v) is 10.5. The lowest BCUT2D eigenvalue weighted by molar-refractivity contribution is -0.109. The molecule has 0 saturated carbocycles. The average Bonchev–Trinajstić information content (AvgIpc) is 2.63. The Labute approximate surface area is 98.7 Å². The Morgan fingerprint density at radius 2 is 2.27 bits per heavy atom. The predicted molar refractivity (Wildman–Crippen MR) is 64.4 cm³/mol. The van der Waals surface area contributed by atoms with Crippen molar-refractivity contribution < 1.29 is 4.74 Å². The van der Waals surface area contributed by atoms with Crippen LogP contribution in [-0.2, 0) is 4.74 Å². The maximum absolute atomic E-state index is 5.89. The molecule has 0 spiro atoms. The summed E-state index contributed by atoms with van der Waals surface area (Å²) in [5.41, 5.74) is -0.0888. The first kappa shape index (κ1) is 13.2. The molecular formula is C11H23ClN2O. The van der Waals surface area contributed by atoms with Crippen LogP contribution in [0.1, 0.15) is 33.1 Å². The van der Waals surface area contributed by atoms with Gasteiger partial charge in [-0.3, -0.25) is 5.32 Å². The third-order valence-corrected chi connectivity index (χ3v) is 3.31. The second-order valence-electron chi connectivity index (χ2n) is 5.03. The summed E-state index contributed by atoms with van der Waals surface area (Å²) < 4.78 is 5.89. The fourth-order valence-electron chi connectivity index (χ4n) is 2.36. The van der Waals surface area contributed by atoms with Crippen LogP contribution in [0.25, 0.3) is 0 Å². The second-order valence-corrected chi connectivity index (χ2v) is 5.03. The Kier molecular flexibility index (Phi) is 4.84. The lowest BCUT2D eigenvalue weighted by Crippen LogP contribution is -2.54. The van der Waals surface area contributed by atoms with Gasteiger partial charge in [0, 0.05) is 19.0 Å². The summed E-state index contributed by atoms with van der Waals surface area (Å²) >= 11 is 0. The highest BCUT2D eigenvalue weighted by Crippen LogP contribution is 2.23. The van der Waals surface area contributed by atoms with Crippen molar-refractivity contribution in [1.29, 1.82) is 0 Å². The molecule has 0 aliphatic carbocycles. The van der Waals surface area contributed by atoms with E-state index in [4.69, 9.17) is 4.74 Å². The molecule has 0 radical (unpaired) electrons. The molecular weight excluding hydrogens is 212 g/mol. The van der Waals surface area contributed by atoms with E-state index in [0.717, 1.165) is 19.6 Å². The molecule has 3 atom stereocenters. The molecule has 2 rings (SSSR count). The Balaban J connectivity index is 0.00000112. The fraction of sp³-hybridized carbons (Fsp3) is 1.00. The van der Waals surface area contributed by atoms with Crippen LogP contribution in [0.5, 0.6) is 0 Å². The van der Waals surface area contributed by atoms with Gasteiger partial charge in [0.15, 0.2) is 0 Å². The van der Waals surface area contributed by atoms with Gasteiger partial charge in [0.2, 0.25) is 0 Å². The van der Waals surface area contributed by atoms with Crippen LogP contribution in [0.15, 0.2) is 0 Å². The van der Waals surface area contributed by atoms with E-state index in [1.54, 1.807) is 0 Å². The van der Waals surface area contributed by atoms with Crippen LogP contribution in [0.4, 0.5) is 0 Å². The monoisotopic (exact) mass is 234 g/mol. The standard InChI is InChI=1S/C11H22N2O.ClH/c1-9-7-13-11(2,14-8-9)6-10-4-3-5-12-10;/h9-10,12-13H,3-8H2,1-2H3;1H. The quantitative estimate of drug-likeness (QED) is 0.760. The molecule has 0 aromatic carbocycles. The van der Waals surface area contributed by atoms with Gasteiger partial charge < -0.3 is 10.1 Å². The Bertz CT molecular complexity index is 187. The molecule has 2 saturated heterocycles. The summed E-state index contributed by atoms with van der Waals surface area (Å²) in [4.78, 5) is 0. The first-order valence-electron chi connectivity index (χ1n) is 5.80. The van der Waals surface area contributed by atoms with E-state index in [1.807, 2.05) is 0 Å². The SMILES string of the molecule is CC1CNC(C)(CC2CCCN2)OC1.Cl. The van der Waals surface area contributed by atoms with E-state index in [9.17, 15) is 0 Å². The minimum atomic E-state index is -0.0888. The lowest BCUT2D eigenvalue weighted by atomic mass is 10.0. The highest BCUT2D eigenvalue weighted by molar-refractivity contribution is 5.85. The Hall–Kier alpha value is 0.170. The van der Waals surface area contributed by atoms with Crippen molar-refractivity contribution in [3.05, 3.63) is 0 Å². The van der Waals surface area contributed by atoms with Gasteiger partial charge in [-0.1, -0.05) is 6.92 Å². The number of halogens is 1. The zero-order chi connectivity index (χ0) is 10.0. The van der Waals surface area contributed by atoms with Crippen molar-refractivity contribution >= 4 is 12.4 Å². The number of hydrogen-bond acceptors (Lipinski definition) is 3. The molecule has 2 heterocycles. The van der Waals surface area contributed by atoms with E-state index >= 15 is 0 Å². The smallest absolute Gasteiger partial charge is 0.117 e. The van der Waals surface area contributed by atoms with Crippen LogP contribution in [0.2, 0.25) is 0 Å². The topological polar surface area (TPSA) is 33.3 Å². The van der Waals surface area contributed by atoms with Crippen LogP contribution in [0, 0.1) is 5.92 Å². The summed E-state index contributed by atoms with van der Waals surface area (Å²) in [5, 5.41) is 7.03. The van der Waals surface area contributed by atoms with Gasteiger partial charge in [0.1, 0.15) is 5.72 Å². The van der Waals surface area contributed by atoms with Gasteiger partial charge in [-0.2, -0.15) is 0 Å². The van der Waals surface area contributed by atoms with Crippen molar-refractivity contribution in [3.63, 3.8) is 0 Å². The summed E-state index contributed by atoms with van der Waals surface area (Å²) in [7, 11) is 0. The summed E-state index contributed by atoms with van der Waals surface area (Å²) in [6.07, 6.45) is 3.72. The molecule has 3 nitrogen and oxygen atoms in total. The van der Waals surface area contributed by atoms with E-state index < -0.39 is 0 Å². The number of rotatable bonds is 2. The van der Waals surface area contributed by atoms with Crippen molar-refractivity contribution in [3.8, 4) is 0 Å². The van der Waals surface area contributed by atoms with Crippen LogP contribution < -0.4 is 10.6 Å². The fourth-order valence-corrected chi connectivity index (χ4v) is 2.36. The summed E-state index contributed by atoms with van der Waals surface area (Å²) in [6.45, 7) is 7.57. The highest BCUT2D eigenvalue weighted by atomic mass is 35.5. The number of ether oxygens (including phenoxy) is 1. The summed E-state index contributed by atoms with van der Waals surface area (Å²) in [6, 6.07) is 0.654. The molecule has 0 aromatic heterocycles. The van der Waals surface area contributed by atoms with Crippen LogP contribution in [-0.4, -0.2) is 31.5 Å². The molecule has 4 heteroatoms. The third-order valence-electron chi connectivity index (χ3n) is 3.31. The van der Waals surface area contributed by atoms with E-state index in [-0.39, 0.29) is 18.1 Å². The van der Waals surface area contributed by atoms with Gasteiger partial charge in [-0.15, -0.1) is 12.4 Å². The predicted octanol–water partition coefficient (Wildman–Crippen LogP) is 1.52. The molecule has 2 fully saturated rings. The lowest BCUT2D eigenvalue weighted by Gasteiger charge is -2.39. The van der Waals surface area contributed by atoms with Crippen molar-refractivity contribution in [2.45, 2.75) is 44.9 Å². The number of hydrogen-bond donors (Lipinski definition) is 2. The molecule has 0 bridgehead atoms. The first-order valence-corrected chi connectivity index (χ1v) is 5.80. The van der Waals surface area contributed by atoms with Gasteiger partial charge >= 0.3 is 0 Å². The molecule has 3 unspecified atom stereocenters. The highest BCUT2D eigenvalue weighted by Gasteiger charge is 2.33. The van der Waals surface area contributed by atoms with Crippen LogP contribution >= 0.6 is 12.4 Å². The zero-order valence-electron chi connectivity index (χ0n) is 9.71. The first-order chi connectivity index (χ1) is 6.68. The molecule has 2 N–H and O–H groups in total. The Morgan fingerprint density at radius 3 is 2.80 bits per heavy atom. The molecule has 2 aliphatic rings. The molecule has 0 aromatic rings. The van der Waals surface area contributed by atoms with Crippen molar-refractivity contribution in [1.82, 2.24) is 10.6 Å². The third kappa shape index (κ3) is 3.59. The average molecular weight is 235 g/mol. The van der Waals surface area contributed by atoms with E-state index in [1.165, 1.54) is 19.4 Å². The van der Waals surface area contributed by atoms with Crippen molar-refractivity contribution in [2.75, 3.05) is 19.7 Å². The minimum Gasteiger partial charge on any atom is -0.361 e. The largest absolute Gasteiger partial charge is 0.361 e. The van der Waals surface area contributed by atoms with Crippen LogP contribution in [0.3, 0.4) is 0 Å². The van der Waals surface area contributed by atoms with Gasteiger partial charge in [0.05, 0.1) is 6.61 Å². The second kappa shape index (κ2) is 5.48. The maximum Gasteiger partial charge on any atom is 0.117 e. The molecule has 90 valence electrons. The normalized spacial score (nSPS) is 41.2. The van der Waals surface area contributed by atoms with Gasteiger partial charge in [-0.25, -0.2) is 0 Å². The number of nitrogens with one attached hydrogen (secondary N) is 2. The molecule has 15 heavy (non-hydrogen) atoms. The minimum absolute atomic E-state index is 0. The Morgan fingerprint density at radius 1 is 1.47 bits per heavy atom.